The zero-order chi connectivity index (χ0) is 21.1. The van der Waals surface area contributed by atoms with Gasteiger partial charge < -0.3 is 25.8 Å². The number of methoxy groups -OCH3 is 1. The summed E-state index contributed by atoms with van der Waals surface area (Å²) in [6.45, 7) is 1.96. The standard InChI is InChI=1S/C16H21N3O2.C7H8OS/c17-10-8-12-14(19-15(20)16(12)4-1-5-16)13(9-10)21-11-2-6-18-7-3-11;1-8-6-4-2-3-5-7(6)9/h8-9,11,18H,1-7,17H2,(H,19,20);2-5,9H,1H3. The molecule has 7 heteroatoms. The number of amides is 1. The molecule has 3 aliphatic rings. The molecular formula is C23H29N3O3S. The zero-order valence-corrected chi connectivity index (χ0v) is 18.1. The molecule has 0 aromatic heterocycles. The highest BCUT2D eigenvalue weighted by molar-refractivity contribution is 7.80. The van der Waals surface area contributed by atoms with E-state index >= 15 is 0 Å². The number of carbonyl (C=O) groups excluding carboxylic acids is 1. The van der Waals surface area contributed by atoms with Crippen LogP contribution in [0.5, 0.6) is 11.5 Å². The smallest absolute Gasteiger partial charge is 0.235 e. The molecule has 0 bridgehead atoms. The van der Waals surface area contributed by atoms with E-state index in [1.807, 2.05) is 36.4 Å². The van der Waals surface area contributed by atoms with Crippen molar-refractivity contribution in [1.82, 2.24) is 5.32 Å². The van der Waals surface area contributed by atoms with Gasteiger partial charge in [-0.3, -0.25) is 4.79 Å². The van der Waals surface area contributed by atoms with Crippen molar-refractivity contribution in [3.8, 4) is 11.5 Å². The van der Waals surface area contributed by atoms with E-state index in [-0.39, 0.29) is 17.4 Å². The van der Waals surface area contributed by atoms with Crippen molar-refractivity contribution in [2.24, 2.45) is 0 Å². The number of carbonyl (C=O) groups is 1. The van der Waals surface area contributed by atoms with Crippen LogP contribution in [0.3, 0.4) is 0 Å². The molecule has 2 aromatic carbocycles. The Morgan fingerprint density at radius 1 is 1.13 bits per heavy atom. The Morgan fingerprint density at radius 3 is 2.47 bits per heavy atom. The highest BCUT2D eigenvalue weighted by Gasteiger charge is 2.52. The summed E-state index contributed by atoms with van der Waals surface area (Å²) in [5, 5.41) is 6.37. The lowest BCUT2D eigenvalue weighted by Crippen LogP contribution is -2.40. The molecule has 1 spiro atoms. The fourth-order valence-corrected chi connectivity index (χ4v) is 4.59. The Bertz CT molecular complexity index is 924. The quantitative estimate of drug-likeness (QED) is 0.443. The number of fused-ring (bicyclic) bond motifs is 2. The van der Waals surface area contributed by atoms with E-state index in [1.54, 1.807) is 7.11 Å². The van der Waals surface area contributed by atoms with Gasteiger partial charge in [-0.2, -0.15) is 0 Å². The number of thiol groups is 1. The number of piperidine rings is 1. The molecule has 1 saturated carbocycles. The molecule has 1 saturated heterocycles. The van der Waals surface area contributed by atoms with E-state index in [0.717, 1.165) is 72.8 Å². The summed E-state index contributed by atoms with van der Waals surface area (Å²) in [5.41, 5.74) is 8.29. The number of benzene rings is 2. The zero-order valence-electron chi connectivity index (χ0n) is 17.2. The minimum absolute atomic E-state index is 0.115. The lowest BCUT2D eigenvalue weighted by atomic mass is 9.65. The molecule has 160 valence electrons. The maximum absolute atomic E-state index is 12.4. The van der Waals surface area contributed by atoms with Crippen molar-refractivity contribution >= 4 is 29.9 Å². The molecule has 1 aliphatic carbocycles. The first kappa shape index (κ1) is 20.9. The Balaban J connectivity index is 0.000000204. The summed E-state index contributed by atoms with van der Waals surface area (Å²) in [5.74, 6) is 1.68. The number of hydrogen-bond donors (Lipinski definition) is 4. The lowest BCUT2D eigenvalue weighted by Gasteiger charge is -2.36. The number of nitrogen functional groups attached to an aromatic ring is 1. The molecule has 2 aromatic rings. The SMILES string of the molecule is COc1ccccc1S.Nc1cc(OC2CCNCC2)c2c(c1)C1(CCC1)C(=O)N2. The third-order valence-electron chi connectivity index (χ3n) is 6.19. The van der Waals surface area contributed by atoms with Gasteiger partial charge in [0.1, 0.15) is 17.6 Å². The molecule has 5 rings (SSSR count). The maximum Gasteiger partial charge on any atom is 0.235 e. The van der Waals surface area contributed by atoms with Gasteiger partial charge in [0.15, 0.2) is 0 Å². The molecule has 4 N–H and O–H groups in total. The second-order valence-electron chi connectivity index (χ2n) is 8.07. The second kappa shape index (κ2) is 8.78. The number of rotatable bonds is 3. The van der Waals surface area contributed by atoms with E-state index in [4.69, 9.17) is 15.2 Å². The first-order valence-corrected chi connectivity index (χ1v) is 10.9. The van der Waals surface area contributed by atoms with Crippen molar-refractivity contribution in [2.45, 2.75) is 48.5 Å². The van der Waals surface area contributed by atoms with Gasteiger partial charge in [-0.25, -0.2) is 0 Å². The summed E-state index contributed by atoms with van der Waals surface area (Å²) in [7, 11) is 1.63. The van der Waals surface area contributed by atoms with E-state index in [0.29, 0.717) is 5.69 Å². The number of hydrogen-bond acceptors (Lipinski definition) is 6. The Morgan fingerprint density at radius 2 is 1.87 bits per heavy atom. The maximum atomic E-state index is 12.4. The van der Waals surface area contributed by atoms with Crippen molar-refractivity contribution in [3.63, 3.8) is 0 Å². The molecule has 0 atom stereocenters. The van der Waals surface area contributed by atoms with Gasteiger partial charge in [0.25, 0.3) is 0 Å². The van der Waals surface area contributed by atoms with Crippen LogP contribution < -0.4 is 25.8 Å². The predicted octanol–water partition coefficient (Wildman–Crippen LogP) is 3.76. The van der Waals surface area contributed by atoms with Gasteiger partial charge in [0.2, 0.25) is 5.91 Å². The number of ether oxygens (including phenoxy) is 2. The van der Waals surface area contributed by atoms with E-state index in [2.05, 4.69) is 23.3 Å². The summed E-state index contributed by atoms with van der Waals surface area (Å²) >= 11 is 4.15. The minimum Gasteiger partial charge on any atom is -0.496 e. The number of para-hydroxylation sites is 1. The van der Waals surface area contributed by atoms with Crippen LogP contribution in [-0.2, 0) is 10.2 Å². The van der Waals surface area contributed by atoms with Crippen molar-refractivity contribution in [1.29, 1.82) is 0 Å². The average molecular weight is 428 g/mol. The fraction of sp³-hybridized carbons (Fsp3) is 0.435. The van der Waals surface area contributed by atoms with Crippen LogP contribution in [0.15, 0.2) is 41.3 Å². The van der Waals surface area contributed by atoms with Gasteiger partial charge in [0, 0.05) is 16.6 Å². The minimum atomic E-state index is -0.336. The van der Waals surface area contributed by atoms with Crippen molar-refractivity contribution in [2.75, 3.05) is 31.2 Å². The van der Waals surface area contributed by atoms with Crippen LogP contribution in [0, 0.1) is 0 Å². The van der Waals surface area contributed by atoms with Crippen LogP contribution in [0.4, 0.5) is 11.4 Å². The first-order chi connectivity index (χ1) is 14.5. The molecular weight excluding hydrogens is 398 g/mol. The van der Waals surface area contributed by atoms with Gasteiger partial charge in [-0.15, -0.1) is 12.6 Å². The Kier molecular flexibility index (Phi) is 6.11. The van der Waals surface area contributed by atoms with E-state index in [1.165, 1.54) is 0 Å². The number of anilines is 2. The van der Waals surface area contributed by atoms with Crippen LogP contribution in [0.2, 0.25) is 0 Å². The third-order valence-corrected chi connectivity index (χ3v) is 6.55. The van der Waals surface area contributed by atoms with Gasteiger partial charge in [0.05, 0.1) is 18.2 Å². The topological polar surface area (TPSA) is 85.6 Å². The van der Waals surface area contributed by atoms with Crippen molar-refractivity contribution < 1.29 is 14.3 Å². The van der Waals surface area contributed by atoms with Gasteiger partial charge >= 0.3 is 0 Å². The normalized spacial score (nSPS) is 19.2. The molecule has 30 heavy (non-hydrogen) atoms. The summed E-state index contributed by atoms with van der Waals surface area (Å²) < 4.78 is 11.1. The molecule has 0 radical (unpaired) electrons. The molecule has 1 amide bonds. The Hall–Kier alpha value is -2.38. The molecule has 6 nitrogen and oxygen atoms in total. The summed E-state index contributed by atoms with van der Waals surface area (Å²) in [4.78, 5) is 13.2. The molecule has 2 fully saturated rings. The number of nitrogens with one attached hydrogen (secondary N) is 2. The van der Waals surface area contributed by atoms with Crippen molar-refractivity contribution in [3.05, 3.63) is 42.0 Å². The second-order valence-corrected chi connectivity index (χ2v) is 8.55. The fourth-order valence-electron chi connectivity index (χ4n) is 4.34. The molecule has 2 heterocycles. The third kappa shape index (κ3) is 3.96. The summed E-state index contributed by atoms with van der Waals surface area (Å²) in [6, 6.07) is 11.4. The highest BCUT2D eigenvalue weighted by Crippen LogP contribution is 2.54. The largest absolute Gasteiger partial charge is 0.496 e. The lowest BCUT2D eigenvalue weighted by molar-refractivity contribution is -0.123. The predicted molar refractivity (Wildman–Crippen MR) is 122 cm³/mol. The van der Waals surface area contributed by atoms with Gasteiger partial charge in [-0.05, 0) is 62.5 Å². The van der Waals surface area contributed by atoms with E-state index < -0.39 is 0 Å². The first-order valence-electron chi connectivity index (χ1n) is 10.5. The average Bonchev–Trinajstić information content (AvgIpc) is 3.02. The highest BCUT2D eigenvalue weighted by atomic mass is 32.1. The van der Waals surface area contributed by atoms with Crippen LogP contribution in [0.1, 0.15) is 37.7 Å². The number of nitrogens with two attached hydrogens (primary N) is 1. The summed E-state index contributed by atoms with van der Waals surface area (Å²) in [6.07, 6.45) is 5.12. The Labute approximate surface area is 182 Å². The monoisotopic (exact) mass is 427 g/mol. The van der Waals surface area contributed by atoms with Crippen LogP contribution in [-0.4, -0.2) is 32.2 Å². The van der Waals surface area contributed by atoms with Crippen LogP contribution in [0.25, 0.3) is 0 Å². The van der Waals surface area contributed by atoms with Crippen LogP contribution >= 0.6 is 12.6 Å². The van der Waals surface area contributed by atoms with Gasteiger partial charge in [-0.1, -0.05) is 18.6 Å². The molecule has 0 unspecified atom stereocenters. The molecule has 2 aliphatic heterocycles. The van der Waals surface area contributed by atoms with E-state index in [9.17, 15) is 4.79 Å².